The number of likely N-dealkylation sites (N-methyl/N-ethyl adjacent to an activating group) is 1. The first-order valence-corrected chi connectivity index (χ1v) is 7.61. The molecule has 114 valence electrons. The number of hydroxylamine groups is 2. The summed E-state index contributed by atoms with van der Waals surface area (Å²) in [5, 5.41) is 4.75. The number of piperidine rings is 1. The maximum Gasteiger partial charge on any atom is 0.268 e. The molecule has 1 aromatic carbocycles. The number of amides is 1. The third kappa shape index (κ3) is 2.63. The summed E-state index contributed by atoms with van der Waals surface area (Å²) in [4.78, 5) is 20.1. The van der Waals surface area contributed by atoms with Crippen LogP contribution in [0.2, 0.25) is 0 Å². The summed E-state index contributed by atoms with van der Waals surface area (Å²) in [5.74, 6) is 0.0345. The molecule has 1 N–H and O–H groups in total. The Balaban J connectivity index is 1.91. The van der Waals surface area contributed by atoms with E-state index < -0.39 is 0 Å². The van der Waals surface area contributed by atoms with Crippen LogP contribution in [0.3, 0.4) is 0 Å². The van der Waals surface area contributed by atoms with Gasteiger partial charge in [-0.1, -0.05) is 18.2 Å². The third-order valence-electron chi connectivity index (χ3n) is 4.59. The number of carbonyl (C=O) groups excluding carboxylic acids is 1. The Morgan fingerprint density at radius 1 is 1.33 bits per heavy atom. The van der Waals surface area contributed by atoms with E-state index in [0.717, 1.165) is 32.4 Å². The Labute approximate surface area is 125 Å². The molecule has 5 nitrogen and oxygen atoms in total. The second-order valence-electron chi connectivity index (χ2n) is 5.76. The van der Waals surface area contributed by atoms with Crippen molar-refractivity contribution in [3.63, 3.8) is 0 Å². The number of anilines is 1. The van der Waals surface area contributed by atoms with E-state index in [-0.39, 0.29) is 11.9 Å². The fraction of sp³-hybridized carbons (Fsp3) is 0.562. The number of carbonyl (C=O) groups is 1. The van der Waals surface area contributed by atoms with Crippen molar-refractivity contribution < 1.29 is 9.63 Å². The number of hydrogen-bond acceptors (Lipinski definition) is 4. The van der Waals surface area contributed by atoms with E-state index in [4.69, 9.17) is 4.84 Å². The van der Waals surface area contributed by atoms with Gasteiger partial charge in [-0.3, -0.25) is 9.63 Å². The lowest BCUT2D eigenvalue weighted by Crippen LogP contribution is -2.52. The van der Waals surface area contributed by atoms with Crippen molar-refractivity contribution in [3.05, 3.63) is 29.8 Å². The van der Waals surface area contributed by atoms with E-state index in [0.29, 0.717) is 6.04 Å². The van der Waals surface area contributed by atoms with E-state index in [1.165, 1.54) is 23.4 Å². The molecule has 0 spiro atoms. The summed E-state index contributed by atoms with van der Waals surface area (Å²) < 4.78 is 0. The topological polar surface area (TPSA) is 44.8 Å². The van der Waals surface area contributed by atoms with E-state index in [2.05, 4.69) is 28.4 Å². The summed E-state index contributed by atoms with van der Waals surface area (Å²) in [6.45, 7) is 2.04. The molecule has 0 bridgehead atoms. The van der Waals surface area contributed by atoms with E-state index in [1.807, 2.05) is 6.07 Å². The monoisotopic (exact) mass is 289 g/mol. The predicted molar refractivity (Wildman–Crippen MR) is 82.1 cm³/mol. The molecule has 2 aliphatic rings. The highest BCUT2D eigenvalue weighted by molar-refractivity contribution is 5.87. The maximum atomic E-state index is 12.6. The highest BCUT2D eigenvalue weighted by atomic mass is 16.7. The summed E-state index contributed by atoms with van der Waals surface area (Å²) in [7, 11) is 3.22. The molecule has 0 aromatic heterocycles. The van der Waals surface area contributed by atoms with Crippen molar-refractivity contribution >= 4 is 11.6 Å². The first kappa shape index (κ1) is 14.4. The van der Waals surface area contributed by atoms with Gasteiger partial charge in [-0.2, -0.15) is 0 Å². The SMILES string of the molecule is CON(C)C(=O)C1Cc2ccccc2N1C1CCNCC1. The standard InChI is InChI=1S/C16H23N3O2/c1-18(21-2)16(20)15-11-12-5-3-4-6-14(12)19(15)13-7-9-17-10-8-13/h3-6,13,15,17H,7-11H2,1-2H3. The van der Waals surface area contributed by atoms with Gasteiger partial charge >= 0.3 is 0 Å². The predicted octanol–water partition coefficient (Wildman–Crippen LogP) is 1.19. The van der Waals surface area contributed by atoms with Crippen LogP contribution in [0.4, 0.5) is 5.69 Å². The maximum absolute atomic E-state index is 12.6. The van der Waals surface area contributed by atoms with E-state index >= 15 is 0 Å². The van der Waals surface area contributed by atoms with Crippen molar-refractivity contribution in [2.75, 3.05) is 32.1 Å². The largest absolute Gasteiger partial charge is 0.356 e. The fourth-order valence-electron chi connectivity index (χ4n) is 3.45. The van der Waals surface area contributed by atoms with Gasteiger partial charge < -0.3 is 10.2 Å². The molecule has 2 heterocycles. The van der Waals surface area contributed by atoms with Crippen molar-refractivity contribution in [1.82, 2.24) is 10.4 Å². The summed E-state index contributed by atoms with van der Waals surface area (Å²) in [6.07, 6.45) is 2.93. The molecule has 1 aromatic rings. The van der Waals surface area contributed by atoms with Gasteiger partial charge in [0.2, 0.25) is 0 Å². The lowest BCUT2D eigenvalue weighted by atomic mass is 10.0. The first-order chi connectivity index (χ1) is 10.2. The number of nitrogens with zero attached hydrogens (tertiary/aromatic N) is 2. The average Bonchev–Trinajstić information content (AvgIpc) is 2.93. The van der Waals surface area contributed by atoms with Gasteiger partial charge in [-0.15, -0.1) is 0 Å². The van der Waals surface area contributed by atoms with Gasteiger partial charge in [-0.05, 0) is 37.6 Å². The lowest BCUT2D eigenvalue weighted by molar-refractivity contribution is -0.170. The normalized spacial score (nSPS) is 22.2. The zero-order valence-corrected chi connectivity index (χ0v) is 12.7. The molecule has 0 saturated carbocycles. The second-order valence-corrected chi connectivity index (χ2v) is 5.76. The number of nitrogens with one attached hydrogen (secondary N) is 1. The minimum Gasteiger partial charge on any atom is -0.356 e. The van der Waals surface area contributed by atoms with Crippen LogP contribution in [0.15, 0.2) is 24.3 Å². The van der Waals surface area contributed by atoms with Crippen LogP contribution in [0, 0.1) is 0 Å². The van der Waals surface area contributed by atoms with Crippen LogP contribution < -0.4 is 10.2 Å². The van der Waals surface area contributed by atoms with Crippen LogP contribution >= 0.6 is 0 Å². The number of hydrogen-bond donors (Lipinski definition) is 1. The van der Waals surface area contributed by atoms with Crippen LogP contribution in [-0.4, -0.2) is 50.3 Å². The van der Waals surface area contributed by atoms with Gasteiger partial charge in [-0.25, -0.2) is 5.06 Å². The Morgan fingerprint density at radius 2 is 2.05 bits per heavy atom. The molecular formula is C16H23N3O2. The molecule has 1 atom stereocenters. The Morgan fingerprint density at radius 3 is 2.76 bits per heavy atom. The van der Waals surface area contributed by atoms with Gasteiger partial charge in [0.25, 0.3) is 5.91 Å². The average molecular weight is 289 g/mol. The summed E-state index contributed by atoms with van der Waals surface area (Å²) >= 11 is 0. The zero-order chi connectivity index (χ0) is 14.8. The van der Waals surface area contributed by atoms with Gasteiger partial charge in [0.15, 0.2) is 0 Å². The molecule has 1 unspecified atom stereocenters. The number of fused-ring (bicyclic) bond motifs is 1. The van der Waals surface area contributed by atoms with Crippen LogP contribution in [0.1, 0.15) is 18.4 Å². The molecule has 0 aliphatic carbocycles. The Hall–Kier alpha value is -1.59. The van der Waals surface area contributed by atoms with E-state index in [1.54, 1.807) is 7.05 Å². The molecule has 1 saturated heterocycles. The van der Waals surface area contributed by atoms with Gasteiger partial charge in [0.05, 0.1) is 7.11 Å². The lowest BCUT2D eigenvalue weighted by Gasteiger charge is -2.38. The zero-order valence-electron chi connectivity index (χ0n) is 12.7. The van der Waals surface area contributed by atoms with Crippen LogP contribution in [-0.2, 0) is 16.1 Å². The number of rotatable bonds is 3. The van der Waals surface area contributed by atoms with Crippen molar-refractivity contribution in [2.24, 2.45) is 0 Å². The molecule has 1 amide bonds. The fourth-order valence-corrected chi connectivity index (χ4v) is 3.45. The molecule has 21 heavy (non-hydrogen) atoms. The molecule has 3 rings (SSSR count). The van der Waals surface area contributed by atoms with E-state index in [9.17, 15) is 4.79 Å². The van der Waals surface area contributed by atoms with Gasteiger partial charge in [0, 0.05) is 25.2 Å². The summed E-state index contributed by atoms with van der Waals surface area (Å²) in [6, 6.07) is 8.65. The minimum absolute atomic E-state index is 0.0345. The third-order valence-corrected chi connectivity index (χ3v) is 4.59. The molecular weight excluding hydrogens is 266 g/mol. The molecule has 1 fully saturated rings. The number of para-hydroxylation sites is 1. The summed E-state index contributed by atoms with van der Waals surface area (Å²) in [5.41, 5.74) is 2.48. The minimum atomic E-state index is -0.143. The van der Waals surface area contributed by atoms with Crippen molar-refractivity contribution in [2.45, 2.75) is 31.3 Å². The molecule has 5 heteroatoms. The Kier molecular flexibility index (Phi) is 4.12. The first-order valence-electron chi connectivity index (χ1n) is 7.61. The Bertz CT molecular complexity index is 514. The smallest absolute Gasteiger partial charge is 0.268 e. The van der Waals surface area contributed by atoms with Crippen LogP contribution in [0.25, 0.3) is 0 Å². The second kappa shape index (κ2) is 6.03. The van der Waals surface area contributed by atoms with Crippen molar-refractivity contribution in [1.29, 1.82) is 0 Å². The van der Waals surface area contributed by atoms with Gasteiger partial charge in [0.1, 0.15) is 6.04 Å². The molecule has 2 aliphatic heterocycles. The molecule has 0 radical (unpaired) electrons. The number of benzene rings is 1. The van der Waals surface area contributed by atoms with Crippen molar-refractivity contribution in [3.8, 4) is 0 Å². The van der Waals surface area contributed by atoms with Crippen LogP contribution in [0.5, 0.6) is 0 Å². The highest BCUT2D eigenvalue weighted by Crippen LogP contribution is 2.36. The quantitative estimate of drug-likeness (QED) is 0.849. The highest BCUT2D eigenvalue weighted by Gasteiger charge is 2.39.